The fraction of sp³-hybridized carbons (Fsp3) is 1.00. The predicted molar refractivity (Wildman–Crippen MR) is 74.7 cm³/mol. The average molecular weight is 251 g/mol. The van der Waals surface area contributed by atoms with Crippen LogP contribution in [-0.2, 0) is 4.74 Å². The minimum absolute atomic E-state index is 0.546. The van der Waals surface area contributed by atoms with E-state index in [4.69, 9.17) is 4.74 Å². The number of ether oxygens (including phenoxy) is 1. The molecule has 3 fully saturated rings. The van der Waals surface area contributed by atoms with Crippen molar-refractivity contribution >= 4 is 0 Å². The van der Waals surface area contributed by atoms with E-state index < -0.39 is 0 Å². The van der Waals surface area contributed by atoms with Crippen LogP contribution in [0.2, 0.25) is 0 Å². The normalized spacial score (nSPS) is 35.2. The number of nitrogens with one attached hydrogen (secondary N) is 1. The van der Waals surface area contributed by atoms with E-state index in [1.54, 1.807) is 0 Å². The lowest BCUT2D eigenvalue weighted by atomic mass is 9.51. The van der Waals surface area contributed by atoms with Gasteiger partial charge in [0.2, 0.25) is 0 Å². The van der Waals surface area contributed by atoms with Gasteiger partial charge in [-0.2, -0.15) is 0 Å². The molecule has 2 nitrogen and oxygen atoms in total. The first-order chi connectivity index (χ1) is 8.85. The number of rotatable bonds is 5. The monoisotopic (exact) mass is 251 g/mol. The molecule has 0 saturated heterocycles. The van der Waals surface area contributed by atoms with Gasteiger partial charge in [-0.05, 0) is 51.5 Å². The quantitative estimate of drug-likeness (QED) is 0.807. The van der Waals surface area contributed by atoms with Crippen molar-refractivity contribution in [2.75, 3.05) is 13.2 Å². The van der Waals surface area contributed by atoms with Crippen LogP contribution in [0, 0.1) is 11.3 Å². The second-order valence-corrected chi connectivity index (χ2v) is 6.73. The van der Waals surface area contributed by atoms with Crippen LogP contribution in [0.25, 0.3) is 0 Å². The summed E-state index contributed by atoms with van der Waals surface area (Å²) in [6.07, 6.45) is 13.4. The number of hydrogen-bond donors (Lipinski definition) is 1. The van der Waals surface area contributed by atoms with E-state index in [1.165, 1.54) is 64.3 Å². The van der Waals surface area contributed by atoms with Crippen LogP contribution in [0.15, 0.2) is 0 Å². The fourth-order valence-electron chi connectivity index (χ4n) is 4.42. The average Bonchev–Trinajstić information content (AvgIpc) is 2.32. The Morgan fingerprint density at radius 3 is 2.50 bits per heavy atom. The summed E-state index contributed by atoms with van der Waals surface area (Å²) in [4.78, 5) is 0. The Morgan fingerprint density at radius 2 is 1.89 bits per heavy atom. The van der Waals surface area contributed by atoms with Gasteiger partial charge in [0, 0.05) is 18.1 Å². The Bertz CT molecular complexity index is 268. The lowest BCUT2D eigenvalue weighted by Gasteiger charge is -2.61. The third-order valence-corrected chi connectivity index (χ3v) is 5.81. The van der Waals surface area contributed by atoms with Crippen LogP contribution in [0.1, 0.15) is 64.7 Å². The highest BCUT2D eigenvalue weighted by molar-refractivity contribution is 5.12. The molecule has 3 aliphatic rings. The smallest absolute Gasteiger partial charge is 0.0661 e. The van der Waals surface area contributed by atoms with Crippen LogP contribution in [-0.4, -0.2) is 25.3 Å². The summed E-state index contributed by atoms with van der Waals surface area (Å²) >= 11 is 0. The van der Waals surface area contributed by atoms with E-state index in [1.807, 2.05) is 0 Å². The molecule has 0 aromatic carbocycles. The second-order valence-electron chi connectivity index (χ2n) is 6.73. The van der Waals surface area contributed by atoms with Gasteiger partial charge in [0.15, 0.2) is 0 Å². The zero-order valence-corrected chi connectivity index (χ0v) is 11.9. The molecule has 0 aromatic rings. The first-order valence-electron chi connectivity index (χ1n) is 8.20. The molecular weight excluding hydrogens is 222 g/mol. The minimum Gasteiger partial charge on any atom is -0.378 e. The minimum atomic E-state index is 0.546. The van der Waals surface area contributed by atoms with Crippen molar-refractivity contribution in [3.8, 4) is 0 Å². The molecule has 3 aliphatic carbocycles. The van der Waals surface area contributed by atoms with Gasteiger partial charge in [-0.1, -0.05) is 25.7 Å². The molecule has 2 heteroatoms. The first kappa shape index (κ1) is 12.9. The zero-order valence-electron chi connectivity index (χ0n) is 11.9. The molecule has 0 bridgehead atoms. The van der Waals surface area contributed by atoms with Crippen molar-refractivity contribution in [3.63, 3.8) is 0 Å². The molecular formula is C16H29NO. The van der Waals surface area contributed by atoms with Gasteiger partial charge in [0.05, 0.1) is 6.10 Å². The van der Waals surface area contributed by atoms with Gasteiger partial charge in [-0.25, -0.2) is 0 Å². The van der Waals surface area contributed by atoms with E-state index in [9.17, 15) is 0 Å². The van der Waals surface area contributed by atoms with Gasteiger partial charge in [0.1, 0.15) is 0 Å². The summed E-state index contributed by atoms with van der Waals surface area (Å²) in [5.74, 6) is 0.960. The Labute approximate surface area is 112 Å². The highest BCUT2D eigenvalue weighted by Crippen LogP contribution is 2.57. The molecule has 0 aromatic heterocycles. The summed E-state index contributed by atoms with van der Waals surface area (Å²) in [6.45, 7) is 4.29. The molecule has 2 unspecified atom stereocenters. The molecule has 3 rings (SSSR count). The molecule has 0 aliphatic heterocycles. The third-order valence-electron chi connectivity index (χ3n) is 5.81. The zero-order chi connectivity index (χ0) is 12.4. The lowest BCUT2D eigenvalue weighted by molar-refractivity contribution is -0.173. The van der Waals surface area contributed by atoms with Crippen molar-refractivity contribution in [1.29, 1.82) is 0 Å². The molecule has 0 heterocycles. The first-order valence-corrected chi connectivity index (χ1v) is 8.20. The van der Waals surface area contributed by atoms with Gasteiger partial charge in [-0.15, -0.1) is 0 Å². The molecule has 3 saturated carbocycles. The number of hydrogen-bond acceptors (Lipinski definition) is 2. The highest BCUT2D eigenvalue weighted by atomic mass is 16.5. The Balaban J connectivity index is 1.46. The van der Waals surface area contributed by atoms with Gasteiger partial charge in [-0.3, -0.25) is 0 Å². The van der Waals surface area contributed by atoms with E-state index in [-0.39, 0.29) is 0 Å². The Kier molecular flexibility index (Phi) is 3.95. The van der Waals surface area contributed by atoms with Gasteiger partial charge < -0.3 is 10.1 Å². The van der Waals surface area contributed by atoms with E-state index in [2.05, 4.69) is 12.2 Å². The van der Waals surface area contributed by atoms with Crippen molar-refractivity contribution in [2.45, 2.75) is 76.9 Å². The molecule has 0 amide bonds. The largest absolute Gasteiger partial charge is 0.378 e. The molecule has 0 radical (unpaired) electrons. The Hall–Kier alpha value is -0.0800. The highest BCUT2D eigenvalue weighted by Gasteiger charge is 2.58. The van der Waals surface area contributed by atoms with Crippen molar-refractivity contribution in [1.82, 2.24) is 5.32 Å². The van der Waals surface area contributed by atoms with Crippen LogP contribution in [0.4, 0.5) is 0 Å². The van der Waals surface area contributed by atoms with E-state index in [0.717, 1.165) is 18.6 Å². The summed E-state index contributed by atoms with van der Waals surface area (Å²) in [6, 6.07) is 0.768. The van der Waals surface area contributed by atoms with Crippen LogP contribution in [0.5, 0.6) is 0 Å². The molecule has 104 valence electrons. The molecule has 1 spiro atoms. The maximum absolute atomic E-state index is 5.92. The summed E-state index contributed by atoms with van der Waals surface area (Å²) in [5.41, 5.74) is 0.546. The standard InChI is InChI=1S/C16H29NO/c1-2-18-15-11-14(16(15)9-6-10-16)17-12-13-7-4-3-5-8-13/h13-15,17H,2-12H2,1H3. The van der Waals surface area contributed by atoms with E-state index >= 15 is 0 Å². The van der Waals surface area contributed by atoms with Crippen LogP contribution < -0.4 is 5.32 Å². The van der Waals surface area contributed by atoms with Crippen molar-refractivity contribution in [3.05, 3.63) is 0 Å². The lowest BCUT2D eigenvalue weighted by Crippen LogP contribution is -2.67. The van der Waals surface area contributed by atoms with Gasteiger partial charge >= 0.3 is 0 Å². The molecule has 18 heavy (non-hydrogen) atoms. The van der Waals surface area contributed by atoms with Gasteiger partial charge in [0.25, 0.3) is 0 Å². The van der Waals surface area contributed by atoms with Crippen molar-refractivity contribution < 1.29 is 4.74 Å². The third kappa shape index (κ3) is 2.22. The van der Waals surface area contributed by atoms with Crippen LogP contribution in [0.3, 0.4) is 0 Å². The van der Waals surface area contributed by atoms with E-state index in [0.29, 0.717) is 11.5 Å². The Morgan fingerprint density at radius 1 is 1.11 bits per heavy atom. The van der Waals surface area contributed by atoms with Crippen LogP contribution >= 0.6 is 0 Å². The molecule has 2 atom stereocenters. The fourth-order valence-corrected chi connectivity index (χ4v) is 4.42. The maximum Gasteiger partial charge on any atom is 0.0661 e. The maximum atomic E-state index is 5.92. The predicted octanol–water partition coefficient (Wildman–Crippen LogP) is 3.50. The second kappa shape index (κ2) is 5.50. The molecule has 1 N–H and O–H groups in total. The topological polar surface area (TPSA) is 21.3 Å². The SMILES string of the molecule is CCOC1CC(NCC2CCCCC2)C12CCC2. The van der Waals surface area contributed by atoms with Crippen molar-refractivity contribution in [2.24, 2.45) is 11.3 Å². The summed E-state index contributed by atoms with van der Waals surface area (Å²) in [7, 11) is 0. The summed E-state index contributed by atoms with van der Waals surface area (Å²) < 4.78 is 5.92. The summed E-state index contributed by atoms with van der Waals surface area (Å²) in [5, 5.41) is 3.89.